The van der Waals surface area contributed by atoms with Gasteiger partial charge in [-0.3, -0.25) is 4.40 Å². The van der Waals surface area contributed by atoms with E-state index < -0.39 is 0 Å². The van der Waals surface area contributed by atoms with Crippen molar-refractivity contribution in [1.82, 2.24) is 14.4 Å². The zero-order valence-corrected chi connectivity index (χ0v) is 9.23. The molecule has 80 valence electrons. The quantitative estimate of drug-likeness (QED) is 0.620. The molecule has 0 atom stereocenters. The number of nitrogens with two attached hydrogens (primary N) is 1. The van der Waals surface area contributed by atoms with Crippen LogP contribution in [0.5, 0.6) is 0 Å². The number of anilines is 1. The molecule has 0 saturated carbocycles. The number of hydrogen-bond donors (Lipinski definition) is 1. The van der Waals surface area contributed by atoms with Gasteiger partial charge < -0.3 is 5.73 Å². The van der Waals surface area contributed by atoms with Gasteiger partial charge in [0.15, 0.2) is 0 Å². The second-order valence-electron chi connectivity index (χ2n) is 4.02. The first-order valence-corrected chi connectivity index (χ1v) is 5.17. The summed E-state index contributed by atoms with van der Waals surface area (Å²) in [5.41, 5.74) is 9.79. The predicted octanol–water partition coefficient (Wildman–Crippen LogP) is 2.08. The number of benzene rings is 1. The molecule has 0 unspecified atom stereocenters. The predicted molar refractivity (Wildman–Crippen MR) is 64.4 cm³/mol. The van der Waals surface area contributed by atoms with E-state index in [1.165, 1.54) is 0 Å². The van der Waals surface area contributed by atoms with Crippen LogP contribution in [0.2, 0.25) is 0 Å². The minimum atomic E-state index is 0.484. The lowest BCUT2D eigenvalue weighted by Gasteiger charge is -2.05. The number of para-hydroxylation sites is 1. The summed E-state index contributed by atoms with van der Waals surface area (Å²) >= 11 is 0. The van der Waals surface area contributed by atoms with Gasteiger partial charge in [0.1, 0.15) is 5.65 Å². The van der Waals surface area contributed by atoms with Crippen molar-refractivity contribution in [2.75, 3.05) is 5.73 Å². The number of nitrogens with zero attached hydrogens (tertiary/aromatic N) is 3. The van der Waals surface area contributed by atoms with Gasteiger partial charge in [-0.25, -0.2) is 9.97 Å². The SMILES string of the molecule is Cc1cn2c(N)nc3c(C)cccc3c2n1. The second kappa shape index (κ2) is 2.95. The van der Waals surface area contributed by atoms with Crippen LogP contribution in [0.4, 0.5) is 5.95 Å². The molecule has 16 heavy (non-hydrogen) atoms. The van der Waals surface area contributed by atoms with Crippen molar-refractivity contribution >= 4 is 22.5 Å². The Morgan fingerprint density at radius 3 is 2.81 bits per heavy atom. The average Bonchev–Trinajstić information content (AvgIpc) is 2.63. The monoisotopic (exact) mass is 212 g/mol. The number of hydrogen-bond acceptors (Lipinski definition) is 3. The summed E-state index contributed by atoms with van der Waals surface area (Å²) in [7, 11) is 0. The second-order valence-corrected chi connectivity index (χ2v) is 4.02. The average molecular weight is 212 g/mol. The van der Waals surface area contributed by atoms with Crippen molar-refractivity contribution < 1.29 is 0 Å². The zero-order chi connectivity index (χ0) is 11.3. The Kier molecular flexibility index (Phi) is 1.68. The molecule has 2 aromatic heterocycles. The van der Waals surface area contributed by atoms with E-state index in [9.17, 15) is 0 Å². The van der Waals surface area contributed by atoms with Crippen LogP contribution in [0, 0.1) is 13.8 Å². The van der Waals surface area contributed by atoms with Gasteiger partial charge in [0.05, 0.1) is 11.2 Å². The molecule has 0 saturated heterocycles. The summed E-state index contributed by atoms with van der Waals surface area (Å²) in [5.74, 6) is 0.484. The van der Waals surface area contributed by atoms with Gasteiger partial charge in [-0.2, -0.15) is 0 Å². The van der Waals surface area contributed by atoms with E-state index in [0.717, 1.165) is 27.8 Å². The Morgan fingerprint density at radius 2 is 2.00 bits per heavy atom. The molecule has 2 heterocycles. The summed E-state index contributed by atoms with van der Waals surface area (Å²) in [6.07, 6.45) is 1.90. The van der Waals surface area contributed by atoms with Crippen LogP contribution in [0.15, 0.2) is 24.4 Å². The number of nitrogen functional groups attached to an aromatic ring is 1. The van der Waals surface area contributed by atoms with Gasteiger partial charge >= 0.3 is 0 Å². The summed E-state index contributed by atoms with van der Waals surface area (Å²) in [5, 5.41) is 1.04. The Hall–Kier alpha value is -2.10. The zero-order valence-electron chi connectivity index (χ0n) is 9.23. The molecule has 0 aliphatic rings. The van der Waals surface area contributed by atoms with Gasteiger partial charge in [0, 0.05) is 11.6 Å². The number of imidazole rings is 1. The van der Waals surface area contributed by atoms with Crippen LogP contribution >= 0.6 is 0 Å². The molecule has 0 aliphatic heterocycles. The summed E-state index contributed by atoms with van der Waals surface area (Å²) in [4.78, 5) is 8.90. The number of aryl methyl sites for hydroxylation is 2. The number of fused-ring (bicyclic) bond motifs is 3. The highest BCUT2D eigenvalue weighted by Crippen LogP contribution is 2.22. The maximum Gasteiger partial charge on any atom is 0.206 e. The first kappa shape index (κ1) is 9.15. The molecule has 0 spiro atoms. The van der Waals surface area contributed by atoms with Crippen LogP contribution in [-0.4, -0.2) is 14.4 Å². The molecule has 0 amide bonds. The molecule has 1 aromatic carbocycles. The molecule has 3 rings (SSSR count). The van der Waals surface area contributed by atoms with Gasteiger partial charge in [-0.1, -0.05) is 12.1 Å². The Morgan fingerprint density at radius 1 is 1.19 bits per heavy atom. The van der Waals surface area contributed by atoms with Crippen LogP contribution in [0.1, 0.15) is 11.3 Å². The van der Waals surface area contributed by atoms with E-state index in [0.29, 0.717) is 5.95 Å². The summed E-state index contributed by atoms with van der Waals surface area (Å²) in [6, 6.07) is 6.07. The van der Waals surface area contributed by atoms with E-state index in [1.807, 2.05) is 42.6 Å². The number of rotatable bonds is 0. The standard InChI is InChI=1S/C12H12N4/c1-7-4-3-5-9-10(7)15-12(13)16-6-8(2)14-11(9)16/h3-6H,1-2H3,(H2,13,15). The Bertz CT molecular complexity index is 697. The fourth-order valence-corrected chi connectivity index (χ4v) is 2.02. The van der Waals surface area contributed by atoms with Gasteiger partial charge in [0.2, 0.25) is 5.95 Å². The first-order chi connectivity index (χ1) is 7.66. The molecular weight excluding hydrogens is 200 g/mol. The fraction of sp³-hybridized carbons (Fsp3) is 0.167. The van der Waals surface area contributed by atoms with Crippen molar-refractivity contribution in [3.05, 3.63) is 35.7 Å². The smallest absolute Gasteiger partial charge is 0.206 e. The third kappa shape index (κ3) is 1.10. The Balaban J connectivity index is 2.63. The maximum absolute atomic E-state index is 5.92. The van der Waals surface area contributed by atoms with Gasteiger partial charge in [-0.05, 0) is 25.5 Å². The molecule has 3 aromatic rings. The first-order valence-electron chi connectivity index (χ1n) is 5.17. The highest BCUT2D eigenvalue weighted by atomic mass is 15.1. The fourth-order valence-electron chi connectivity index (χ4n) is 2.02. The third-order valence-corrected chi connectivity index (χ3v) is 2.78. The summed E-state index contributed by atoms with van der Waals surface area (Å²) < 4.78 is 1.83. The highest BCUT2D eigenvalue weighted by molar-refractivity contribution is 5.94. The van der Waals surface area contributed by atoms with Gasteiger partial charge in [-0.15, -0.1) is 0 Å². The van der Waals surface area contributed by atoms with E-state index in [-0.39, 0.29) is 0 Å². The van der Waals surface area contributed by atoms with E-state index in [4.69, 9.17) is 5.73 Å². The molecular formula is C12H12N4. The maximum atomic E-state index is 5.92. The molecule has 0 radical (unpaired) electrons. The van der Waals surface area contributed by atoms with Crippen LogP contribution in [0.3, 0.4) is 0 Å². The van der Waals surface area contributed by atoms with Crippen molar-refractivity contribution in [2.45, 2.75) is 13.8 Å². The molecule has 0 aliphatic carbocycles. The van der Waals surface area contributed by atoms with Crippen molar-refractivity contribution in [2.24, 2.45) is 0 Å². The molecule has 2 N–H and O–H groups in total. The molecule has 0 bridgehead atoms. The van der Waals surface area contributed by atoms with Crippen molar-refractivity contribution in [3.8, 4) is 0 Å². The van der Waals surface area contributed by atoms with E-state index in [1.54, 1.807) is 0 Å². The Labute approximate surface area is 92.7 Å². The topological polar surface area (TPSA) is 56.2 Å². The summed E-state index contributed by atoms with van der Waals surface area (Å²) in [6.45, 7) is 3.98. The third-order valence-electron chi connectivity index (χ3n) is 2.78. The largest absolute Gasteiger partial charge is 0.369 e. The minimum absolute atomic E-state index is 0.484. The normalized spacial score (nSPS) is 11.4. The molecule has 4 nitrogen and oxygen atoms in total. The molecule has 0 fully saturated rings. The van der Waals surface area contributed by atoms with E-state index in [2.05, 4.69) is 9.97 Å². The lowest BCUT2D eigenvalue weighted by Crippen LogP contribution is -2.01. The van der Waals surface area contributed by atoms with Gasteiger partial charge in [0.25, 0.3) is 0 Å². The minimum Gasteiger partial charge on any atom is -0.369 e. The lowest BCUT2D eigenvalue weighted by molar-refractivity contribution is 1.13. The van der Waals surface area contributed by atoms with Crippen LogP contribution in [-0.2, 0) is 0 Å². The number of aromatic nitrogens is 3. The van der Waals surface area contributed by atoms with Crippen molar-refractivity contribution in [1.29, 1.82) is 0 Å². The van der Waals surface area contributed by atoms with E-state index >= 15 is 0 Å². The molecule has 4 heteroatoms. The lowest BCUT2D eigenvalue weighted by atomic mass is 10.1. The van der Waals surface area contributed by atoms with Crippen LogP contribution in [0.25, 0.3) is 16.6 Å². The highest BCUT2D eigenvalue weighted by Gasteiger charge is 2.09. The van der Waals surface area contributed by atoms with Crippen molar-refractivity contribution in [3.63, 3.8) is 0 Å². The van der Waals surface area contributed by atoms with Crippen LogP contribution < -0.4 is 5.73 Å².